The van der Waals surface area contributed by atoms with Crippen molar-refractivity contribution in [2.24, 2.45) is 0 Å². The average molecular weight is 349 g/mol. The van der Waals surface area contributed by atoms with E-state index < -0.39 is 17.9 Å². The molecule has 0 heterocycles. The number of rotatable bonds is 4. The maximum absolute atomic E-state index is 11.7. The van der Waals surface area contributed by atoms with Crippen LogP contribution in [0.1, 0.15) is 23.7 Å². The fourth-order valence-electron chi connectivity index (χ4n) is 1.23. The van der Waals surface area contributed by atoms with Crippen LogP contribution >= 0.6 is 22.6 Å². The number of carboxylic acid groups (broad SMARTS) is 1. The molecule has 5 nitrogen and oxygen atoms in total. The molecule has 17 heavy (non-hydrogen) atoms. The Morgan fingerprint density at radius 1 is 1.47 bits per heavy atom. The van der Waals surface area contributed by atoms with Crippen LogP contribution in [0.2, 0.25) is 0 Å². The highest BCUT2D eigenvalue weighted by molar-refractivity contribution is 14.1. The zero-order valence-corrected chi connectivity index (χ0v) is 11.3. The monoisotopic (exact) mass is 349 g/mol. The molecule has 1 atom stereocenters. The molecule has 0 saturated carbocycles. The van der Waals surface area contributed by atoms with Crippen molar-refractivity contribution in [3.8, 4) is 5.75 Å². The number of phenols is 1. The Hall–Kier alpha value is -1.31. The van der Waals surface area contributed by atoms with Crippen LogP contribution in [0.3, 0.4) is 0 Å². The highest BCUT2D eigenvalue weighted by atomic mass is 127. The quantitative estimate of drug-likeness (QED) is 0.721. The van der Waals surface area contributed by atoms with Crippen LogP contribution in [-0.2, 0) is 4.79 Å². The van der Waals surface area contributed by atoms with Crippen LogP contribution in [0.4, 0.5) is 0 Å². The number of aromatic hydroxyl groups is 1. The second kappa shape index (κ2) is 5.85. The standard InChI is InChI=1S/C11H12INO4/c1-2-8(11(16)17)13-10(15)6-3-4-7(12)9(14)5-6/h3-5,8,14H,2H2,1H3,(H,13,15)(H,16,17). The van der Waals surface area contributed by atoms with E-state index in [4.69, 9.17) is 5.11 Å². The van der Waals surface area contributed by atoms with Gasteiger partial charge in [0, 0.05) is 5.56 Å². The van der Waals surface area contributed by atoms with Gasteiger partial charge >= 0.3 is 5.97 Å². The molecule has 1 aromatic carbocycles. The summed E-state index contributed by atoms with van der Waals surface area (Å²) in [6, 6.07) is 3.52. The van der Waals surface area contributed by atoms with E-state index in [0.717, 1.165) is 0 Å². The van der Waals surface area contributed by atoms with Gasteiger partial charge in [-0.15, -0.1) is 0 Å². The lowest BCUT2D eigenvalue weighted by atomic mass is 10.1. The summed E-state index contributed by atoms with van der Waals surface area (Å²) in [5.74, 6) is -1.58. The first kappa shape index (κ1) is 13.8. The van der Waals surface area contributed by atoms with Gasteiger partial charge in [-0.05, 0) is 47.2 Å². The van der Waals surface area contributed by atoms with E-state index >= 15 is 0 Å². The molecule has 1 unspecified atom stereocenters. The molecule has 0 aliphatic heterocycles. The average Bonchev–Trinajstić information content (AvgIpc) is 2.28. The SMILES string of the molecule is CCC(NC(=O)c1ccc(I)c(O)c1)C(=O)O. The highest BCUT2D eigenvalue weighted by Crippen LogP contribution is 2.20. The lowest BCUT2D eigenvalue weighted by Gasteiger charge is -2.12. The summed E-state index contributed by atoms with van der Waals surface area (Å²) in [7, 11) is 0. The summed E-state index contributed by atoms with van der Waals surface area (Å²) >= 11 is 1.93. The normalized spacial score (nSPS) is 11.9. The summed E-state index contributed by atoms with van der Waals surface area (Å²) in [5.41, 5.74) is 0.239. The third-order valence-corrected chi connectivity index (χ3v) is 3.13. The minimum Gasteiger partial charge on any atom is -0.507 e. The van der Waals surface area contributed by atoms with Crippen LogP contribution in [0, 0.1) is 3.57 Å². The number of carbonyl (C=O) groups is 2. The van der Waals surface area contributed by atoms with E-state index in [0.29, 0.717) is 9.99 Å². The minimum absolute atomic E-state index is 0.00150. The van der Waals surface area contributed by atoms with Gasteiger partial charge in [0.05, 0.1) is 3.57 Å². The Morgan fingerprint density at radius 2 is 2.12 bits per heavy atom. The number of halogens is 1. The number of aliphatic carboxylic acids is 1. The fraction of sp³-hybridized carbons (Fsp3) is 0.273. The molecule has 3 N–H and O–H groups in total. The lowest BCUT2D eigenvalue weighted by molar-refractivity contribution is -0.139. The Balaban J connectivity index is 2.82. The van der Waals surface area contributed by atoms with Gasteiger partial charge in [0.1, 0.15) is 11.8 Å². The second-order valence-corrected chi connectivity index (χ2v) is 4.60. The van der Waals surface area contributed by atoms with Gasteiger partial charge in [-0.1, -0.05) is 6.92 Å². The maximum atomic E-state index is 11.7. The number of phenolic OH excluding ortho intramolecular Hbond substituents is 1. The molecule has 0 aliphatic rings. The molecule has 0 spiro atoms. The number of amides is 1. The number of nitrogens with one attached hydrogen (secondary N) is 1. The molecule has 0 radical (unpaired) electrons. The maximum Gasteiger partial charge on any atom is 0.326 e. The van der Waals surface area contributed by atoms with E-state index in [1.54, 1.807) is 13.0 Å². The Morgan fingerprint density at radius 3 is 2.59 bits per heavy atom. The molecule has 1 rings (SSSR count). The minimum atomic E-state index is -1.07. The largest absolute Gasteiger partial charge is 0.507 e. The molecule has 0 bridgehead atoms. The summed E-state index contributed by atoms with van der Waals surface area (Å²) < 4.78 is 0.629. The van der Waals surface area contributed by atoms with Crippen molar-refractivity contribution < 1.29 is 19.8 Å². The van der Waals surface area contributed by atoms with Crippen molar-refractivity contribution in [2.75, 3.05) is 0 Å². The van der Waals surface area contributed by atoms with E-state index in [1.165, 1.54) is 12.1 Å². The predicted molar refractivity (Wildman–Crippen MR) is 70.0 cm³/mol. The van der Waals surface area contributed by atoms with Crippen LogP contribution in [0.25, 0.3) is 0 Å². The topological polar surface area (TPSA) is 86.6 Å². The van der Waals surface area contributed by atoms with Crippen molar-refractivity contribution in [3.63, 3.8) is 0 Å². The van der Waals surface area contributed by atoms with Crippen molar-refractivity contribution in [1.29, 1.82) is 0 Å². The van der Waals surface area contributed by atoms with E-state index in [2.05, 4.69) is 5.32 Å². The van der Waals surface area contributed by atoms with Crippen molar-refractivity contribution in [1.82, 2.24) is 5.32 Å². The van der Waals surface area contributed by atoms with E-state index in [9.17, 15) is 14.7 Å². The number of hydrogen-bond donors (Lipinski definition) is 3. The molecule has 1 aromatic rings. The molecule has 0 aromatic heterocycles. The van der Waals surface area contributed by atoms with E-state index in [1.807, 2.05) is 22.6 Å². The molecule has 0 aliphatic carbocycles. The third-order valence-electron chi connectivity index (χ3n) is 2.22. The number of hydrogen-bond acceptors (Lipinski definition) is 3. The molecule has 0 saturated heterocycles. The van der Waals surface area contributed by atoms with Gasteiger partial charge in [-0.3, -0.25) is 4.79 Å². The van der Waals surface area contributed by atoms with Gasteiger partial charge in [0.15, 0.2) is 0 Å². The fourth-order valence-corrected chi connectivity index (χ4v) is 1.57. The first-order chi connectivity index (χ1) is 7.95. The highest BCUT2D eigenvalue weighted by Gasteiger charge is 2.18. The molecular formula is C11H12INO4. The summed E-state index contributed by atoms with van der Waals surface area (Å²) in [6.45, 7) is 1.67. The van der Waals surface area contributed by atoms with Crippen LogP contribution in [-0.4, -0.2) is 28.1 Å². The van der Waals surface area contributed by atoms with E-state index in [-0.39, 0.29) is 11.3 Å². The zero-order valence-electron chi connectivity index (χ0n) is 9.11. The second-order valence-electron chi connectivity index (χ2n) is 3.44. The van der Waals surface area contributed by atoms with Gasteiger partial charge in [-0.25, -0.2) is 4.79 Å². The van der Waals surface area contributed by atoms with Crippen molar-refractivity contribution >= 4 is 34.5 Å². The Kier molecular flexibility index (Phi) is 4.73. The Bertz CT molecular complexity index is 447. The number of carbonyl (C=O) groups excluding carboxylic acids is 1. The van der Waals surface area contributed by atoms with Crippen LogP contribution in [0.15, 0.2) is 18.2 Å². The molecular weight excluding hydrogens is 337 g/mol. The first-order valence-corrected chi connectivity index (χ1v) is 6.05. The summed E-state index contributed by atoms with van der Waals surface area (Å²) in [5, 5.41) is 20.6. The van der Waals surface area contributed by atoms with Crippen molar-refractivity contribution in [2.45, 2.75) is 19.4 Å². The Labute approximate surface area is 112 Å². The smallest absolute Gasteiger partial charge is 0.326 e. The summed E-state index contributed by atoms with van der Waals surface area (Å²) in [4.78, 5) is 22.4. The lowest BCUT2D eigenvalue weighted by Crippen LogP contribution is -2.40. The number of benzene rings is 1. The summed E-state index contributed by atoms with van der Waals surface area (Å²) in [6.07, 6.45) is 0.303. The zero-order chi connectivity index (χ0) is 13.0. The van der Waals surface area contributed by atoms with Gasteiger partial charge in [0.2, 0.25) is 0 Å². The van der Waals surface area contributed by atoms with Gasteiger partial charge in [0.25, 0.3) is 5.91 Å². The molecule has 0 fully saturated rings. The number of carboxylic acids is 1. The van der Waals surface area contributed by atoms with Crippen LogP contribution < -0.4 is 5.32 Å². The third kappa shape index (κ3) is 3.58. The first-order valence-electron chi connectivity index (χ1n) is 4.98. The molecule has 6 heteroatoms. The van der Waals surface area contributed by atoms with Gasteiger partial charge in [-0.2, -0.15) is 0 Å². The van der Waals surface area contributed by atoms with Crippen molar-refractivity contribution in [3.05, 3.63) is 27.3 Å². The van der Waals surface area contributed by atoms with Crippen LogP contribution in [0.5, 0.6) is 5.75 Å². The molecule has 1 amide bonds. The van der Waals surface area contributed by atoms with Gasteiger partial charge < -0.3 is 15.5 Å². The molecule has 92 valence electrons. The predicted octanol–water partition coefficient (Wildman–Crippen LogP) is 1.59.